The van der Waals surface area contributed by atoms with Crippen LogP contribution < -0.4 is 40.9 Å². The van der Waals surface area contributed by atoms with Crippen molar-refractivity contribution in [3.8, 4) is 0 Å². The Bertz CT molecular complexity index is 1850. The molecule has 4 aromatic heterocycles. The SMILES string of the molecule is C[Si](C)(C)CC(=O)[O-].C[Si](C)(C)CC(=O)[O-].C[Si](C)(C)CC(=O)[O-].C[Si](C)(C)CC(=O)[O-].C[Si](C)(C)CC(=O)[O-].C[Si](C)(C)CC(=O)[O-].C[Si](C)(C)CC(=O)[O-].C[Si](C)(C)CC(=O)[O-].[Cu+2].[Cu+2].[Cu+2].[Cu+2].c1ccncc1.c1ccncc1.c1ccncc1.c1ccncc1. The Morgan fingerprint density at radius 1 is 0.196 bits per heavy atom. The van der Waals surface area contributed by atoms with Crippen molar-refractivity contribution >= 4 is 112 Å². The van der Waals surface area contributed by atoms with Gasteiger partial charge >= 0.3 is 68.3 Å². The molecule has 0 saturated heterocycles. The fourth-order valence-electron chi connectivity index (χ4n) is 4.71. The van der Waals surface area contributed by atoms with Gasteiger partial charge in [-0.15, -0.1) is 0 Å². The van der Waals surface area contributed by atoms with E-state index >= 15 is 0 Å². The van der Waals surface area contributed by atoms with Crippen LogP contribution in [0.5, 0.6) is 0 Å². The second-order valence-electron chi connectivity index (χ2n) is 29.0. The summed E-state index contributed by atoms with van der Waals surface area (Å²) in [5, 5.41) is 79.5. The average Bonchev–Trinajstić information content (AvgIpc) is 3.27. The topological polar surface area (TPSA) is 373 Å². The molecule has 0 amide bonds. The Balaban J connectivity index is -0.0000000757. The van der Waals surface area contributed by atoms with Gasteiger partial charge in [-0.25, -0.2) is 0 Å². The number of carboxylic acids is 8. The first kappa shape index (κ1) is 115. The Labute approximate surface area is 602 Å². The van der Waals surface area contributed by atoms with Crippen LogP contribution in [0.2, 0.25) is 205 Å². The molecule has 0 aromatic carbocycles. The second kappa shape index (κ2) is 64.5. The van der Waals surface area contributed by atoms with Gasteiger partial charge in [-0.05, 0) is 96.9 Å². The second-order valence-corrected chi connectivity index (χ2v) is 72.8. The van der Waals surface area contributed by atoms with Crippen LogP contribution in [-0.2, 0) is 107 Å². The number of carbonyl (C=O) groups excluding carboxylic acids is 8. The normalized spacial score (nSPS) is 10.0. The van der Waals surface area contributed by atoms with Gasteiger partial charge in [0.05, 0.1) is 64.6 Å². The molecule has 20 nitrogen and oxygen atoms in total. The maximum atomic E-state index is 9.94. The zero-order chi connectivity index (χ0) is 71.2. The van der Waals surface area contributed by atoms with Crippen molar-refractivity contribution < 1.29 is 147 Å². The van der Waals surface area contributed by atoms with Gasteiger partial charge in [-0.3, -0.25) is 19.9 Å². The maximum absolute atomic E-state index is 9.94. The molecule has 0 saturated carbocycles. The first-order valence-electron chi connectivity index (χ1n) is 28.3. The van der Waals surface area contributed by atoms with Crippen LogP contribution in [0.3, 0.4) is 0 Å². The Morgan fingerprint density at radius 3 is 0.283 bits per heavy atom. The summed E-state index contributed by atoms with van der Waals surface area (Å²) in [4.78, 5) is 94.6. The minimum Gasteiger partial charge on any atom is -0.550 e. The summed E-state index contributed by atoms with van der Waals surface area (Å²) in [6, 6.07) is 25.0. The van der Waals surface area contributed by atoms with E-state index in [0.717, 1.165) is 0 Å². The van der Waals surface area contributed by atoms with Crippen molar-refractivity contribution in [3.63, 3.8) is 0 Å². The van der Waals surface area contributed by atoms with Gasteiger partial charge in [0.15, 0.2) is 0 Å². The van der Waals surface area contributed by atoms with Crippen LogP contribution in [0.4, 0.5) is 0 Å². The maximum Gasteiger partial charge on any atom is 2.00 e. The van der Waals surface area contributed by atoms with Crippen molar-refractivity contribution in [2.24, 2.45) is 0 Å². The Morgan fingerprint density at radius 2 is 0.272 bits per heavy atom. The van der Waals surface area contributed by atoms with Crippen molar-refractivity contribution in [2.75, 3.05) is 0 Å². The summed E-state index contributed by atoms with van der Waals surface area (Å²) in [7, 11) is -11.1. The molecule has 540 valence electrons. The molecule has 0 spiro atoms. The molecule has 4 radical (unpaired) electrons. The molecule has 0 aliphatic rings. The summed E-state index contributed by atoms with van der Waals surface area (Å²) in [6.07, 6.45) is 14.0. The monoisotopic (exact) mass is 1620 g/mol. The van der Waals surface area contributed by atoms with Crippen LogP contribution in [0.1, 0.15) is 0 Å². The molecule has 4 aromatic rings. The Hall–Kier alpha value is -3.83. The van der Waals surface area contributed by atoms with Gasteiger partial charge in [-0.2, -0.15) is 0 Å². The Kier molecular flexibility index (Phi) is 81.0. The molecule has 4 heterocycles. The molecule has 32 heteroatoms. The van der Waals surface area contributed by atoms with E-state index in [1.54, 1.807) is 49.6 Å². The van der Waals surface area contributed by atoms with Crippen LogP contribution in [0.15, 0.2) is 122 Å². The van der Waals surface area contributed by atoms with Crippen molar-refractivity contribution in [3.05, 3.63) is 122 Å². The molecular formula is C60H108Cu4N4O16Si8. The number of carboxylic acid groups (broad SMARTS) is 8. The molecule has 0 unspecified atom stereocenters. The quantitative estimate of drug-likeness (QED) is 0.134. The number of aromatic nitrogens is 4. The number of hydrogen-bond donors (Lipinski definition) is 0. The number of nitrogens with zero attached hydrogens (tertiary/aromatic N) is 4. The van der Waals surface area contributed by atoms with Crippen molar-refractivity contribution in [2.45, 2.75) is 205 Å². The van der Waals surface area contributed by atoms with E-state index in [1.165, 1.54) is 0 Å². The molecule has 0 fully saturated rings. The number of pyridine rings is 4. The summed E-state index contributed by atoms with van der Waals surface area (Å²) in [6.45, 7) is 48.1. The predicted octanol–water partition coefficient (Wildman–Crippen LogP) is 4.91. The van der Waals surface area contributed by atoms with Crippen molar-refractivity contribution in [1.82, 2.24) is 19.9 Å². The van der Waals surface area contributed by atoms with Crippen LogP contribution >= 0.6 is 0 Å². The summed E-state index contributed by atoms with van der Waals surface area (Å²) >= 11 is 0. The van der Waals surface area contributed by atoms with E-state index in [9.17, 15) is 79.2 Å². The smallest absolute Gasteiger partial charge is 0.550 e. The average molecular weight is 1620 g/mol. The van der Waals surface area contributed by atoms with Crippen molar-refractivity contribution in [1.29, 1.82) is 0 Å². The molecule has 0 bridgehead atoms. The molecule has 4 rings (SSSR count). The minimum absolute atomic E-state index is 0. The van der Waals surface area contributed by atoms with Gasteiger partial charge in [0.25, 0.3) is 0 Å². The first-order chi connectivity index (χ1) is 39.3. The molecular weight excluding hydrogens is 1510 g/mol. The number of carbonyl (C=O) groups is 8. The van der Waals surface area contributed by atoms with E-state index in [4.69, 9.17) is 0 Å². The zero-order valence-corrected chi connectivity index (χ0v) is 70.5. The van der Waals surface area contributed by atoms with E-state index in [1.807, 2.05) is 230 Å². The van der Waals surface area contributed by atoms with Gasteiger partial charge < -0.3 is 79.2 Å². The van der Waals surface area contributed by atoms with E-state index in [2.05, 4.69) is 19.9 Å². The van der Waals surface area contributed by atoms with Gasteiger partial charge in [-0.1, -0.05) is 181 Å². The van der Waals surface area contributed by atoms with Crippen LogP contribution in [0, 0.1) is 0 Å². The summed E-state index contributed by atoms with van der Waals surface area (Å²) in [5.74, 6) is -7.30. The van der Waals surface area contributed by atoms with Crippen LogP contribution in [-0.4, -0.2) is 132 Å². The minimum atomic E-state index is -1.38. The summed E-state index contributed by atoms with van der Waals surface area (Å²) in [5.41, 5.74) is 0. The third kappa shape index (κ3) is 173. The van der Waals surface area contributed by atoms with Gasteiger partial charge in [0, 0.05) is 97.3 Å². The fourth-order valence-corrected chi connectivity index (χ4v) is 11.6. The first-order valence-corrected chi connectivity index (χ1v) is 58.0. The third-order valence-corrected chi connectivity index (χ3v) is 18.5. The zero-order valence-electron chi connectivity index (χ0n) is 58.7. The molecule has 0 aliphatic heterocycles. The van der Waals surface area contributed by atoms with E-state index < -0.39 is 112 Å². The third-order valence-electron chi connectivity index (χ3n) is 7.66. The molecule has 92 heavy (non-hydrogen) atoms. The van der Waals surface area contributed by atoms with Crippen LogP contribution in [0.25, 0.3) is 0 Å². The number of rotatable bonds is 16. The standard InChI is InChI=1S/4C5H5N.8C5H12O2Si.4Cu/c4*1-2-4-6-5-3-1;8*1-8(2,3)4-5(6)7;;;;/h4*1-5H;8*4H2,1-3H3,(H,6,7);;;;/q;;;;;;;;;;;;4*+2/p-8. The van der Waals surface area contributed by atoms with E-state index in [0.29, 0.717) is 0 Å². The molecule has 0 aliphatic carbocycles. The number of aliphatic carboxylic acids is 8. The largest absolute Gasteiger partial charge is 2.00 e. The summed E-state index contributed by atoms with van der Waals surface area (Å²) < 4.78 is 0. The number of hydrogen-bond acceptors (Lipinski definition) is 20. The van der Waals surface area contributed by atoms with Gasteiger partial charge in [0.1, 0.15) is 0 Å². The molecule has 0 N–H and O–H groups in total. The van der Waals surface area contributed by atoms with E-state index in [-0.39, 0.29) is 117 Å². The fraction of sp³-hybridized carbons (Fsp3) is 0.533. The van der Waals surface area contributed by atoms with Gasteiger partial charge in [0.2, 0.25) is 0 Å². The predicted molar refractivity (Wildman–Crippen MR) is 362 cm³/mol. The molecule has 0 atom stereocenters.